The molecular formula is C7H13ClN2O3S. The van der Waals surface area contributed by atoms with Crippen LogP contribution >= 0.6 is 11.6 Å². The highest BCUT2D eigenvalue weighted by molar-refractivity contribution is 7.89. The Balaban J connectivity index is 2.68. The fraction of sp³-hybridized carbons (Fsp3) is 0.857. The van der Waals surface area contributed by atoms with E-state index in [9.17, 15) is 13.2 Å². The molecule has 0 saturated carbocycles. The molecule has 1 aliphatic heterocycles. The van der Waals surface area contributed by atoms with Crippen LogP contribution in [0.2, 0.25) is 0 Å². The van der Waals surface area contributed by atoms with E-state index in [1.807, 2.05) is 0 Å². The van der Waals surface area contributed by atoms with Gasteiger partial charge in [-0.15, -0.1) is 11.6 Å². The number of carbonyl (C=O) groups excluding carboxylic acids is 1. The molecule has 1 saturated heterocycles. The first kappa shape index (κ1) is 11.7. The molecule has 14 heavy (non-hydrogen) atoms. The highest BCUT2D eigenvalue weighted by atomic mass is 35.5. The van der Waals surface area contributed by atoms with E-state index in [0.717, 1.165) is 0 Å². The van der Waals surface area contributed by atoms with Crippen LogP contribution < -0.4 is 0 Å². The molecule has 5 nitrogen and oxygen atoms in total. The number of carbonyl (C=O) groups is 1. The number of sulfonamides is 1. The summed E-state index contributed by atoms with van der Waals surface area (Å²) in [5.41, 5.74) is 0. The molecule has 1 amide bonds. The molecule has 0 atom stereocenters. The molecule has 1 heterocycles. The molecule has 82 valence electrons. The summed E-state index contributed by atoms with van der Waals surface area (Å²) in [5.74, 6) is -0.219. The number of likely N-dealkylation sites (N-methyl/N-ethyl adjacent to an activating group) is 1. The van der Waals surface area contributed by atoms with E-state index in [2.05, 4.69) is 0 Å². The highest BCUT2D eigenvalue weighted by Gasteiger charge is 2.29. The molecule has 0 radical (unpaired) electrons. The number of piperazine rings is 1. The van der Waals surface area contributed by atoms with Crippen molar-refractivity contribution in [2.24, 2.45) is 0 Å². The number of rotatable bonds is 3. The minimum Gasteiger partial charge on any atom is -0.343 e. The number of hydrogen-bond donors (Lipinski definition) is 0. The standard InChI is InChI=1S/C7H13ClN2O3S/c1-9-3-4-10(6-7(9)11)14(12,13)5-2-8/h2-6H2,1H3. The second kappa shape index (κ2) is 4.46. The monoisotopic (exact) mass is 240 g/mol. The number of nitrogens with zero attached hydrogens (tertiary/aromatic N) is 2. The molecule has 0 aromatic heterocycles. The SMILES string of the molecule is CN1CCN(S(=O)(=O)CCCl)CC1=O. The number of amides is 1. The molecule has 0 aromatic rings. The molecule has 0 spiro atoms. The van der Waals surface area contributed by atoms with Crippen LogP contribution in [0.5, 0.6) is 0 Å². The van der Waals surface area contributed by atoms with Crippen LogP contribution in [-0.2, 0) is 14.8 Å². The van der Waals surface area contributed by atoms with Crippen LogP contribution in [0.4, 0.5) is 0 Å². The predicted octanol–water partition coefficient (Wildman–Crippen LogP) is -0.671. The van der Waals surface area contributed by atoms with Crippen molar-refractivity contribution >= 4 is 27.5 Å². The molecule has 1 aliphatic rings. The van der Waals surface area contributed by atoms with Crippen molar-refractivity contribution in [3.63, 3.8) is 0 Å². The van der Waals surface area contributed by atoms with Gasteiger partial charge in [-0.1, -0.05) is 0 Å². The summed E-state index contributed by atoms with van der Waals surface area (Å²) < 4.78 is 24.2. The molecule has 0 aliphatic carbocycles. The van der Waals surface area contributed by atoms with E-state index < -0.39 is 10.0 Å². The second-order valence-corrected chi connectivity index (χ2v) is 5.62. The Morgan fingerprint density at radius 2 is 2.07 bits per heavy atom. The summed E-state index contributed by atoms with van der Waals surface area (Å²) >= 11 is 5.37. The maximum absolute atomic E-state index is 11.5. The van der Waals surface area contributed by atoms with Gasteiger partial charge in [0.15, 0.2) is 0 Å². The van der Waals surface area contributed by atoms with Gasteiger partial charge >= 0.3 is 0 Å². The van der Waals surface area contributed by atoms with Crippen LogP contribution in [-0.4, -0.2) is 61.8 Å². The summed E-state index contributed by atoms with van der Waals surface area (Å²) in [4.78, 5) is 12.8. The Labute approximate surface area is 88.7 Å². The lowest BCUT2D eigenvalue weighted by molar-refractivity contribution is -0.132. The van der Waals surface area contributed by atoms with Crippen LogP contribution in [0.1, 0.15) is 0 Å². The van der Waals surface area contributed by atoms with Crippen LogP contribution in [0.25, 0.3) is 0 Å². The minimum absolute atomic E-state index is 0.0584. The average molecular weight is 241 g/mol. The van der Waals surface area contributed by atoms with Crippen molar-refractivity contribution in [1.82, 2.24) is 9.21 Å². The van der Waals surface area contributed by atoms with E-state index in [1.54, 1.807) is 7.05 Å². The van der Waals surface area contributed by atoms with Crippen molar-refractivity contribution in [2.45, 2.75) is 0 Å². The Bertz CT molecular complexity index is 317. The highest BCUT2D eigenvalue weighted by Crippen LogP contribution is 2.07. The molecule has 0 unspecified atom stereocenters. The summed E-state index contributed by atoms with van der Waals surface area (Å²) in [6.45, 7) is 0.748. The molecule has 0 aromatic carbocycles. The maximum atomic E-state index is 11.5. The van der Waals surface area contributed by atoms with E-state index in [4.69, 9.17) is 11.6 Å². The van der Waals surface area contributed by atoms with Gasteiger partial charge in [-0.3, -0.25) is 4.79 Å². The third-order valence-electron chi connectivity index (χ3n) is 2.15. The van der Waals surface area contributed by atoms with Crippen molar-refractivity contribution < 1.29 is 13.2 Å². The fourth-order valence-corrected chi connectivity index (χ4v) is 2.91. The topological polar surface area (TPSA) is 57.7 Å². The normalized spacial score (nSPS) is 20.1. The van der Waals surface area contributed by atoms with Gasteiger partial charge in [0.1, 0.15) is 0 Å². The van der Waals surface area contributed by atoms with Crippen LogP contribution in [0.3, 0.4) is 0 Å². The van der Waals surface area contributed by atoms with Crippen molar-refractivity contribution in [1.29, 1.82) is 0 Å². The summed E-state index contributed by atoms with van der Waals surface area (Å²) in [6.07, 6.45) is 0. The minimum atomic E-state index is -3.34. The van der Waals surface area contributed by atoms with Gasteiger partial charge in [0.05, 0.1) is 12.3 Å². The van der Waals surface area contributed by atoms with E-state index >= 15 is 0 Å². The van der Waals surface area contributed by atoms with Crippen molar-refractivity contribution in [2.75, 3.05) is 38.3 Å². The summed E-state index contributed by atoms with van der Waals surface area (Å²) in [5, 5.41) is 0. The Kier molecular flexibility index (Phi) is 3.74. The van der Waals surface area contributed by atoms with E-state index in [1.165, 1.54) is 9.21 Å². The third-order valence-corrected chi connectivity index (χ3v) is 4.38. The first-order valence-electron chi connectivity index (χ1n) is 4.25. The smallest absolute Gasteiger partial charge is 0.237 e. The zero-order chi connectivity index (χ0) is 10.8. The fourth-order valence-electron chi connectivity index (χ4n) is 1.20. The van der Waals surface area contributed by atoms with Crippen LogP contribution in [0, 0.1) is 0 Å². The predicted molar refractivity (Wildman–Crippen MR) is 53.7 cm³/mol. The van der Waals surface area contributed by atoms with Gasteiger partial charge in [0, 0.05) is 26.0 Å². The first-order chi connectivity index (χ1) is 6.47. The van der Waals surface area contributed by atoms with Gasteiger partial charge in [-0.05, 0) is 0 Å². The molecule has 1 fully saturated rings. The summed E-state index contributed by atoms with van der Waals surface area (Å²) in [7, 11) is -1.68. The lowest BCUT2D eigenvalue weighted by Crippen LogP contribution is -2.51. The average Bonchev–Trinajstić information content (AvgIpc) is 2.09. The largest absolute Gasteiger partial charge is 0.343 e. The Hall–Kier alpha value is -0.330. The van der Waals surface area contributed by atoms with Gasteiger partial charge < -0.3 is 4.90 Å². The lowest BCUT2D eigenvalue weighted by Gasteiger charge is -2.30. The zero-order valence-corrected chi connectivity index (χ0v) is 9.51. The van der Waals surface area contributed by atoms with Gasteiger partial charge in [-0.25, -0.2) is 8.42 Å². The lowest BCUT2D eigenvalue weighted by atomic mass is 10.4. The molecule has 7 heteroatoms. The van der Waals surface area contributed by atoms with E-state index in [-0.39, 0.29) is 24.1 Å². The third kappa shape index (κ3) is 2.59. The van der Waals surface area contributed by atoms with Gasteiger partial charge in [-0.2, -0.15) is 4.31 Å². The Morgan fingerprint density at radius 3 is 2.57 bits per heavy atom. The molecule has 0 bridgehead atoms. The number of alkyl halides is 1. The Morgan fingerprint density at radius 1 is 1.43 bits per heavy atom. The van der Waals surface area contributed by atoms with Crippen LogP contribution in [0.15, 0.2) is 0 Å². The maximum Gasteiger partial charge on any atom is 0.237 e. The molecule has 0 N–H and O–H groups in total. The molecular weight excluding hydrogens is 228 g/mol. The second-order valence-electron chi connectivity index (χ2n) is 3.15. The summed E-state index contributed by atoms with van der Waals surface area (Å²) in [6, 6.07) is 0. The van der Waals surface area contributed by atoms with E-state index in [0.29, 0.717) is 13.1 Å². The van der Waals surface area contributed by atoms with Crippen molar-refractivity contribution in [3.05, 3.63) is 0 Å². The van der Waals surface area contributed by atoms with Gasteiger partial charge in [0.2, 0.25) is 15.9 Å². The first-order valence-corrected chi connectivity index (χ1v) is 6.39. The number of halogens is 1. The zero-order valence-electron chi connectivity index (χ0n) is 7.94. The number of hydrogen-bond acceptors (Lipinski definition) is 3. The van der Waals surface area contributed by atoms with Crippen molar-refractivity contribution in [3.8, 4) is 0 Å². The molecule has 1 rings (SSSR count). The van der Waals surface area contributed by atoms with Gasteiger partial charge in [0.25, 0.3) is 0 Å². The quantitative estimate of drug-likeness (QED) is 0.615.